The minimum atomic E-state index is 0.0879. The summed E-state index contributed by atoms with van der Waals surface area (Å²) in [5.74, 6) is 0. The normalized spacial score (nSPS) is 16.6. The molecule has 122 valence electrons. The van der Waals surface area contributed by atoms with Crippen LogP contribution in [0.2, 0.25) is 0 Å². The molecular weight excluding hydrogens is 381 g/mol. The summed E-state index contributed by atoms with van der Waals surface area (Å²) in [4.78, 5) is 2.50. The van der Waals surface area contributed by atoms with E-state index in [-0.39, 0.29) is 5.41 Å². The molecule has 0 saturated heterocycles. The summed E-state index contributed by atoms with van der Waals surface area (Å²) in [6.07, 6.45) is 0. The molecule has 0 radical (unpaired) electrons. The topological polar surface area (TPSA) is 3.24 Å². The molecule has 0 aromatic carbocycles. The van der Waals surface area contributed by atoms with Crippen molar-refractivity contribution in [3.8, 4) is 0 Å². The average Bonchev–Trinajstić information content (AvgIpc) is 3.37. The largest absolute Gasteiger partial charge is 0.285 e. The number of thiophene rings is 4. The maximum Gasteiger partial charge on any atom is 0.262 e. The van der Waals surface area contributed by atoms with Crippen LogP contribution in [-0.4, -0.2) is 6.71 Å². The van der Waals surface area contributed by atoms with E-state index in [1.165, 1.54) is 31.6 Å². The lowest BCUT2D eigenvalue weighted by Gasteiger charge is -2.39. The summed E-state index contributed by atoms with van der Waals surface area (Å²) >= 11 is 7.54. The van der Waals surface area contributed by atoms with Gasteiger partial charge in [-0.05, 0) is 66.5 Å². The van der Waals surface area contributed by atoms with Gasteiger partial charge in [0.1, 0.15) is 5.00 Å². The van der Waals surface area contributed by atoms with Crippen LogP contribution >= 0.6 is 45.3 Å². The first kappa shape index (κ1) is 14.8. The van der Waals surface area contributed by atoms with E-state index in [0.717, 1.165) is 0 Å². The van der Waals surface area contributed by atoms with Gasteiger partial charge < -0.3 is 0 Å². The molecule has 0 saturated carbocycles. The zero-order chi connectivity index (χ0) is 16.8. The second-order valence-corrected chi connectivity index (χ2v) is 10.7. The monoisotopic (exact) mass is 395 g/mol. The number of rotatable bonds is 1. The zero-order valence-corrected chi connectivity index (χ0v) is 17.0. The Labute approximate surface area is 163 Å². The van der Waals surface area contributed by atoms with E-state index in [0.29, 0.717) is 6.71 Å². The Bertz CT molecular complexity index is 1100. The van der Waals surface area contributed by atoms with Crippen molar-refractivity contribution in [3.63, 3.8) is 0 Å². The Morgan fingerprint density at radius 3 is 2.60 bits per heavy atom. The maximum atomic E-state index is 2.50. The summed E-state index contributed by atoms with van der Waals surface area (Å²) in [6.45, 7) is 5.18. The van der Waals surface area contributed by atoms with Gasteiger partial charge in [-0.2, -0.15) is 11.3 Å². The molecular formula is C19H14BNS4. The van der Waals surface area contributed by atoms with Gasteiger partial charge in [0.2, 0.25) is 0 Å². The van der Waals surface area contributed by atoms with Gasteiger partial charge in [-0.25, -0.2) is 0 Å². The van der Waals surface area contributed by atoms with Crippen molar-refractivity contribution in [1.29, 1.82) is 0 Å². The van der Waals surface area contributed by atoms with Crippen LogP contribution < -0.4 is 20.6 Å². The highest BCUT2D eigenvalue weighted by atomic mass is 32.1. The highest BCUT2D eigenvalue weighted by Crippen LogP contribution is 2.48. The van der Waals surface area contributed by atoms with Gasteiger partial charge in [-0.15, -0.1) is 34.0 Å². The fourth-order valence-corrected chi connectivity index (χ4v) is 8.69. The van der Waals surface area contributed by atoms with Crippen molar-refractivity contribution < 1.29 is 0 Å². The smallest absolute Gasteiger partial charge is 0.262 e. The van der Waals surface area contributed by atoms with Gasteiger partial charge in [-0.3, -0.25) is 4.90 Å². The molecule has 0 aliphatic carbocycles. The Morgan fingerprint density at radius 1 is 0.880 bits per heavy atom. The van der Waals surface area contributed by atoms with E-state index in [9.17, 15) is 0 Å². The molecule has 0 unspecified atom stereocenters. The molecule has 6 rings (SSSR count). The predicted molar refractivity (Wildman–Crippen MR) is 116 cm³/mol. The summed E-state index contributed by atoms with van der Waals surface area (Å²) in [7, 11) is 0. The van der Waals surface area contributed by atoms with Crippen LogP contribution in [0.15, 0.2) is 45.8 Å². The molecule has 0 amide bonds. The first-order valence-electron chi connectivity index (χ1n) is 8.28. The highest BCUT2D eigenvalue weighted by molar-refractivity contribution is 7.30. The molecule has 25 heavy (non-hydrogen) atoms. The quantitative estimate of drug-likeness (QED) is 0.366. The highest BCUT2D eigenvalue weighted by Gasteiger charge is 2.48. The standard InChI is InChI=1S/C19H14BNS4/c1-19(2)11-5-8-23-16(11)20-13-6-9-24-17(13)21(14-4-3-7-22-14)18-15(20)12(19)10-25-18/h3-10H,1-2H3. The van der Waals surface area contributed by atoms with Gasteiger partial charge in [0.05, 0.1) is 10.0 Å². The Kier molecular flexibility index (Phi) is 2.89. The van der Waals surface area contributed by atoms with E-state index >= 15 is 0 Å². The molecule has 0 bridgehead atoms. The number of hydrogen-bond acceptors (Lipinski definition) is 5. The van der Waals surface area contributed by atoms with Crippen LogP contribution in [-0.2, 0) is 5.41 Å². The minimum Gasteiger partial charge on any atom is -0.285 e. The third kappa shape index (κ3) is 1.74. The molecule has 0 fully saturated rings. The fourth-order valence-electron chi connectivity index (χ4n) is 4.33. The third-order valence-corrected chi connectivity index (χ3v) is 9.25. The first-order valence-corrected chi connectivity index (χ1v) is 11.8. The van der Waals surface area contributed by atoms with E-state index in [1.807, 2.05) is 45.3 Å². The van der Waals surface area contributed by atoms with Gasteiger partial charge in [0.15, 0.2) is 0 Å². The molecule has 2 aliphatic rings. The van der Waals surface area contributed by atoms with E-state index < -0.39 is 0 Å². The minimum absolute atomic E-state index is 0.0879. The summed E-state index contributed by atoms with van der Waals surface area (Å²) < 4.78 is 1.54. The Balaban J connectivity index is 1.72. The lowest BCUT2D eigenvalue weighted by molar-refractivity contribution is 0.651. The van der Waals surface area contributed by atoms with E-state index in [2.05, 4.69) is 64.5 Å². The Hall–Kier alpha value is -1.34. The van der Waals surface area contributed by atoms with Crippen molar-refractivity contribution >= 4 is 82.8 Å². The summed E-state index contributed by atoms with van der Waals surface area (Å²) in [5, 5.41) is 13.3. The van der Waals surface area contributed by atoms with Gasteiger partial charge in [0, 0.05) is 5.41 Å². The lowest BCUT2D eigenvalue weighted by atomic mass is 9.34. The number of nitrogens with zero attached hydrogens (tertiary/aromatic N) is 1. The van der Waals surface area contributed by atoms with Crippen LogP contribution in [0.25, 0.3) is 0 Å². The van der Waals surface area contributed by atoms with E-state index in [1.54, 1.807) is 10.2 Å². The molecule has 1 nitrogen and oxygen atoms in total. The second kappa shape index (κ2) is 4.89. The molecule has 4 aromatic rings. The van der Waals surface area contributed by atoms with Crippen molar-refractivity contribution in [2.45, 2.75) is 19.3 Å². The number of fused-ring (bicyclic) bond motifs is 4. The molecule has 4 aromatic heterocycles. The van der Waals surface area contributed by atoms with Crippen molar-refractivity contribution in [2.24, 2.45) is 0 Å². The third-order valence-electron chi connectivity index (χ3n) is 5.52. The van der Waals surface area contributed by atoms with E-state index in [4.69, 9.17) is 0 Å². The van der Waals surface area contributed by atoms with Gasteiger partial charge in [-0.1, -0.05) is 19.9 Å². The maximum absolute atomic E-state index is 2.50. The van der Waals surface area contributed by atoms with Crippen LogP contribution in [0.3, 0.4) is 0 Å². The van der Waals surface area contributed by atoms with Gasteiger partial charge in [0.25, 0.3) is 6.71 Å². The molecule has 6 heterocycles. The van der Waals surface area contributed by atoms with Gasteiger partial charge >= 0.3 is 0 Å². The predicted octanol–water partition coefficient (Wildman–Crippen LogP) is 4.87. The number of anilines is 3. The number of hydrogen-bond donors (Lipinski definition) is 0. The van der Waals surface area contributed by atoms with Crippen LogP contribution in [0, 0.1) is 0 Å². The van der Waals surface area contributed by atoms with Crippen molar-refractivity contribution in [3.05, 3.63) is 56.9 Å². The van der Waals surface area contributed by atoms with Crippen molar-refractivity contribution in [2.75, 3.05) is 4.90 Å². The fraction of sp³-hybridized carbons (Fsp3) is 0.158. The zero-order valence-electron chi connectivity index (χ0n) is 13.8. The second-order valence-electron chi connectivity index (χ2n) is 7.09. The lowest BCUT2D eigenvalue weighted by Crippen LogP contribution is -2.61. The average molecular weight is 395 g/mol. The molecule has 0 spiro atoms. The SMILES string of the molecule is CC1(C)c2ccsc2B2c3ccsc3N(c3cccs3)c3scc1c32. The first-order chi connectivity index (χ1) is 12.2. The summed E-state index contributed by atoms with van der Waals surface area (Å²) in [5.41, 5.74) is 6.14. The molecule has 0 atom stereocenters. The summed E-state index contributed by atoms with van der Waals surface area (Å²) in [6, 6.07) is 9.08. The Morgan fingerprint density at radius 2 is 1.76 bits per heavy atom. The van der Waals surface area contributed by atoms with Crippen LogP contribution in [0.4, 0.5) is 15.0 Å². The van der Waals surface area contributed by atoms with Crippen molar-refractivity contribution in [1.82, 2.24) is 0 Å². The molecule has 2 aliphatic heterocycles. The molecule has 6 heteroatoms. The molecule has 0 N–H and O–H groups in total. The van der Waals surface area contributed by atoms with Crippen LogP contribution in [0.1, 0.15) is 25.0 Å². The van der Waals surface area contributed by atoms with Crippen LogP contribution in [0.5, 0.6) is 0 Å².